The van der Waals surface area contributed by atoms with E-state index >= 15 is 0 Å². The fourth-order valence-corrected chi connectivity index (χ4v) is 1.75. The fraction of sp³-hybridized carbons (Fsp3) is 0.333. The monoisotopic (exact) mass is 315 g/mol. The van der Waals surface area contributed by atoms with E-state index in [1.165, 1.54) is 0 Å². The highest BCUT2D eigenvalue weighted by molar-refractivity contribution is 6.30. The molecule has 110 valence electrons. The lowest BCUT2D eigenvalue weighted by molar-refractivity contribution is 0.184. The summed E-state index contributed by atoms with van der Waals surface area (Å²) in [5.74, 6) is 1.65. The number of nitrogens with one attached hydrogen (secondary N) is 1. The Balaban J connectivity index is 0.00000200. The fourth-order valence-electron chi connectivity index (χ4n) is 1.62. The molecule has 0 saturated carbocycles. The van der Waals surface area contributed by atoms with Crippen molar-refractivity contribution in [3.8, 4) is 11.3 Å². The van der Waals surface area contributed by atoms with Gasteiger partial charge in [-0.2, -0.15) is 0 Å². The molecular weight excluding hydrogens is 297 g/mol. The van der Waals surface area contributed by atoms with Crippen LogP contribution in [0, 0.1) is 0 Å². The van der Waals surface area contributed by atoms with Crippen molar-refractivity contribution in [3.05, 3.63) is 47.2 Å². The van der Waals surface area contributed by atoms with Crippen LogP contribution in [0.3, 0.4) is 0 Å². The molecule has 1 heterocycles. The largest absolute Gasteiger partial charge is 0.460 e. The number of hydrogen-bond donors (Lipinski definition) is 2. The molecule has 1 aromatic carbocycles. The summed E-state index contributed by atoms with van der Waals surface area (Å²) in [5, 5.41) is 13.1. The molecule has 0 unspecified atom stereocenters. The zero-order valence-corrected chi connectivity index (χ0v) is 13.1. The summed E-state index contributed by atoms with van der Waals surface area (Å²) >= 11 is 5.86. The summed E-state index contributed by atoms with van der Waals surface area (Å²) in [6.07, 6.45) is 0. The van der Waals surface area contributed by atoms with Gasteiger partial charge in [0.05, 0.1) is 13.2 Å². The third-order valence-electron chi connectivity index (χ3n) is 2.93. The first-order chi connectivity index (χ1) is 9.00. The molecule has 0 spiro atoms. The van der Waals surface area contributed by atoms with Gasteiger partial charge in [-0.15, -0.1) is 12.4 Å². The van der Waals surface area contributed by atoms with Gasteiger partial charge in [-0.1, -0.05) is 11.6 Å². The van der Waals surface area contributed by atoms with Gasteiger partial charge in [0.25, 0.3) is 0 Å². The Morgan fingerprint density at radius 1 is 1.15 bits per heavy atom. The van der Waals surface area contributed by atoms with Gasteiger partial charge in [0.15, 0.2) is 0 Å². The number of furan rings is 1. The Hall–Kier alpha value is -1.00. The van der Waals surface area contributed by atoms with Gasteiger partial charge in [0, 0.05) is 16.1 Å². The second-order valence-corrected chi connectivity index (χ2v) is 5.60. The molecule has 0 aliphatic rings. The SMILES string of the molecule is CC(C)(CO)NCc1ccc(-c2ccc(Cl)cc2)o1.Cl. The van der Waals surface area contributed by atoms with Crippen molar-refractivity contribution < 1.29 is 9.52 Å². The molecule has 0 saturated heterocycles. The summed E-state index contributed by atoms with van der Waals surface area (Å²) in [6, 6.07) is 11.4. The summed E-state index contributed by atoms with van der Waals surface area (Å²) in [5.41, 5.74) is 0.685. The van der Waals surface area contributed by atoms with E-state index < -0.39 is 0 Å². The Labute approximate surface area is 130 Å². The van der Waals surface area contributed by atoms with E-state index in [1.807, 2.05) is 50.2 Å². The van der Waals surface area contributed by atoms with Crippen LogP contribution in [0.15, 0.2) is 40.8 Å². The molecule has 5 heteroatoms. The minimum atomic E-state index is -0.312. The van der Waals surface area contributed by atoms with Crippen LogP contribution in [0.1, 0.15) is 19.6 Å². The Morgan fingerprint density at radius 2 is 1.80 bits per heavy atom. The number of rotatable bonds is 5. The van der Waals surface area contributed by atoms with Crippen LogP contribution in [0.25, 0.3) is 11.3 Å². The van der Waals surface area contributed by atoms with Crippen molar-refractivity contribution in [2.24, 2.45) is 0 Å². The van der Waals surface area contributed by atoms with Gasteiger partial charge in [0.1, 0.15) is 11.5 Å². The van der Waals surface area contributed by atoms with Gasteiger partial charge in [-0.3, -0.25) is 0 Å². The predicted octanol–water partition coefficient (Wildman–Crippen LogP) is 3.88. The molecule has 0 fully saturated rings. The lowest BCUT2D eigenvalue weighted by Gasteiger charge is -2.22. The maximum atomic E-state index is 9.18. The minimum absolute atomic E-state index is 0. The van der Waals surface area contributed by atoms with Crippen LogP contribution >= 0.6 is 24.0 Å². The normalized spacial score (nSPS) is 11.2. The maximum Gasteiger partial charge on any atom is 0.134 e. The second-order valence-electron chi connectivity index (χ2n) is 5.17. The number of aliphatic hydroxyl groups is 1. The number of halogens is 2. The zero-order valence-electron chi connectivity index (χ0n) is 11.5. The first-order valence-electron chi connectivity index (χ1n) is 6.21. The van der Waals surface area contributed by atoms with Gasteiger partial charge in [-0.25, -0.2) is 0 Å². The van der Waals surface area contributed by atoms with Crippen molar-refractivity contribution in [1.29, 1.82) is 0 Å². The summed E-state index contributed by atoms with van der Waals surface area (Å²) in [6.45, 7) is 4.55. The van der Waals surface area contributed by atoms with Gasteiger partial charge in [0.2, 0.25) is 0 Å². The Bertz CT molecular complexity index is 535. The number of hydrogen-bond acceptors (Lipinski definition) is 3. The van der Waals surface area contributed by atoms with E-state index in [2.05, 4.69) is 5.32 Å². The maximum absolute atomic E-state index is 9.18. The molecule has 3 nitrogen and oxygen atoms in total. The van der Waals surface area contributed by atoms with E-state index in [0.717, 1.165) is 17.1 Å². The number of aliphatic hydroxyl groups excluding tert-OH is 1. The average Bonchev–Trinajstić information content (AvgIpc) is 2.86. The standard InChI is InChI=1S/C15H18ClNO2.ClH/c1-15(2,10-18)17-9-13-7-8-14(19-13)11-3-5-12(16)6-4-11;/h3-8,17-18H,9-10H2,1-2H3;1H. The topological polar surface area (TPSA) is 45.4 Å². The van der Waals surface area contributed by atoms with Crippen LogP contribution in [0.4, 0.5) is 0 Å². The Kier molecular flexibility index (Phi) is 6.08. The zero-order chi connectivity index (χ0) is 13.9. The molecule has 0 atom stereocenters. The van der Waals surface area contributed by atoms with Crippen LogP contribution in [0.5, 0.6) is 0 Å². The lowest BCUT2D eigenvalue weighted by Crippen LogP contribution is -2.41. The molecule has 0 aliphatic heterocycles. The molecule has 1 aromatic heterocycles. The molecule has 0 radical (unpaired) electrons. The first kappa shape index (κ1) is 17.1. The molecule has 2 N–H and O–H groups in total. The highest BCUT2D eigenvalue weighted by atomic mass is 35.5. The van der Waals surface area contributed by atoms with Crippen LogP contribution < -0.4 is 5.32 Å². The summed E-state index contributed by atoms with van der Waals surface area (Å²) in [4.78, 5) is 0. The van der Waals surface area contributed by atoms with Gasteiger partial charge in [-0.05, 0) is 50.2 Å². The predicted molar refractivity (Wildman–Crippen MR) is 84.4 cm³/mol. The van der Waals surface area contributed by atoms with E-state index in [4.69, 9.17) is 16.0 Å². The lowest BCUT2D eigenvalue weighted by atomic mass is 10.1. The molecule has 0 aliphatic carbocycles. The smallest absolute Gasteiger partial charge is 0.134 e. The Morgan fingerprint density at radius 3 is 2.40 bits per heavy atom. The van der Waals surface area contributed by atoms with Crippen LogP contribution in [-0.2, 0) is 6.54 Å². The van der Waals surface area contributed by atoms with Crippen LogP contribution in [0.2, 0.25) is 5.02 Å². The average molecular weight is 316 g/mol. The molecule has 2 rings (SSSR count). The molecular formula is C15H19Cl2NO2. The van der Waals surface area contributed by atoms with Crippen molar-refractivity contribution in [3.63, 3.8) is 0 Å². The summed E-state index contributed by atoms with van der Waals surface area (Å²) < 4.78 is 5.76. The summed E-state index contributed by atoms with van der Waals surface area (Å²) in [7, 11) is 0. The van der Waals surface area contributed by atoms with E-state index in [9.17, 15) is 5.11 Å². The first-order valence-corrected chi connectivity index (χ1v) is 6.58. The highest BCUT2D eigenvalue weighted by Gasteiger charge is 2.16. The second kappa shape index (κ2) is 7.14. The van der Waals surface area contributed by atoms with Crippen molar-refractivity contribution in [1.82, 2.24) is 5.32 Å². The molecule has 0 amide bonds. The molecule has 2 aromatic rings. The quantitative estimate of drug-likeness (QED) is 0.880. The van der Waals surface area contributed by atoms with Crippen molar-refractivity contribution in [2.75, 3.05) is 6.61 Å². The third kappa shape index (κ3) is 4.53. The third-order valence-corrected chi connectivity index (χ3v) is 3.18. The van der Waals surface area contributed by atoms with Crippen molar-refractivity contribution in [2.45, 2.75) is 25.9 Å². The minimum Gasteiger partial charge on any atom is -0.460 e. The van der Waals surface area contributed by atoms with E-state index in [-0.39, 0.29) is 24.6 Å². The molecule has 0 bridgehead atoms. The van der Waals surface area contributed by atoms with Crippen LogP contribution in [-0.4, -0.2) is 17.3 Å². The van der Waals surface area contributed by atoms with Gasteiger partial charge >= 0.3 is 0 Å². The number of benzene rings is 1. The highest BCUT2D eigenvalue weighted by Crippen LogP contribution is 2.23. The van der Waals surface area contributed by atoms with E-state index in [0.29, 0.717) is 11.6 Å². The van der Waals surface area contributed by atoms with Gasteiger partial charge < -0.3 is 14.8 Å². The van der Waals surface area contributed by atoms with E-state index in [1.54, 1.807) is 0 Å². The van der Waals surface area contributed by atoms with Crippen molar-refractivity contribution >= 4 is 24.0 Å². The molecule has 20 heavy (non-hydrogen) atoms.